The van der Waals surface area contributed by atoms with Crippen LogP contribution in [0.15, 0.2) is 66.2 Å². The Kier molecular flexibility index (Phi) is 9.70. The van der Waals surface area contributed by atoms with Crippen molar-refractivity contribution in [2.45, 2.75) is 63.9 Å². The van der Waals surface area contributed by atoms with Crippen molar-refractivity contribution < 1.29 is 4.79 Å². The molecule has 2 fully saturated rings. The smallest absolute Gasteiger partial charge is 0.252 e. The first-order valence-corrected chi connectivity index (χ1v) is 16.5. The van der Waals surface area contributed by atoms with Gasteiger partial charge in [0.05, 0.1) is 16.1 Å². The molecule has 1 amide bonds. The summed E-state index contributed by atoms with van der Waals surface area (Å²) in [5, 5.41) is 9.70. The van der Waals surface area contributed by atoms with Gasteiger partial charge in [0.2, 0.25) is 0 Å². The molecule has 2 heterocycles. The van der Waals surface area contributed by atoms with Crippen LogP contribution < -0.4 is 10.6 Å². The van der Waals surface area contributed by atoms with E-state index >= 15 is 0 Å². The number of hydrogen-bond donors (Lipinski definition) is 2. The van der Waals surface area contributed by atoms with Crippen LogP contribution in [0.4, 0.5) is 0 Å². The Hall–Kier alpha value is -2.09. The number of nitrogens with one attached hydrogen (secondary N) is 2. The largest absolute Gasteiger partial charge is 0.331 e. The summed E-state index contributed by atoms with van der Waals surface area (Å²) in [6.45, 7) is 6.61. The van der Waals surface area contributed by atoms with Crippen LogP contribution in [0.3, 0.4) is 0 Å². The van der Waals surface area contributed by atoms with Crippen LogP contribution in [0.2, 0.25) is 20.1 Å². The fourth-order valence-electron chi connectivity index (χ4n) is 6.26. The van der Waals surface area contributed by atoms with Gasteiger partial charge in [0, 0.05) is 60.4 Å². The highest BCUT2D eigenvalue weighted by atomic mass is 35.5. The second-order valence-corrected chi connectivity index (χ2v) is 13.4. The van der Waals surface area contributed by atoms with Crippen molar-refractivity contribution in [3.63, 3.8) is 0 Å². The number of rotatable bonds is 10. The maximum atomic E-state index is 14.4. The Bertz CT molecular complexity index is 1520. The van der Waals surface area contributed by atoms with Gasteiger partial charge < -0.3 is 15.5 Å². The summed E-state index contributed by atoms with van der Waals surface area (Å²) in [5.41, 5.74) is 6.24. The predicted octanol–water partition coefficient (Wildman–Crippen LogP) is 7.60. The van der Waals surface area contributed by atoms with Gasteiger partial charge in [0.15, 0.2) is 0 Å². The highest BCUT2D eigenvalue weighted by Gasteiger charge is 2.41. The Balaban J connectivity index is 1.27. The number of carbonyl (C=O) groups is 1. The third-order valence-corrected chi connectivity index (χ3v) is 10.2. The minimum Gasteiger partial charge on any atom is -0.331 e. The maximum Gasteiger partial charge on any atom is 0.252 e. The molecular weight excluding hydrogens is 622 g/mol. The Morgan fingerprint density at radius 1 is 0.884 bits per heavy atom. The van der Waals surface area contributed by atoms with Gasteiger partial charge in [-0.2, -0.15) is 0 Å². The van der Waals surface area contributed by atoms with Gasteiger partial charge in [-0.15, -0.1) is 0 Å². The third kappa shape index (κ3) is 7.10. The molecule has 3 aliphatic rings. The number of nitrogens with zero attached hydrogens (tertiary/aromatic N) is 2. The van der Waals surface area contributed by atoms with Gasteiger partial charge in [-0.05, 0) is 77.9 Å². The molecule has 0 radical (unpaired) electrons. The zero-order valence-corrected chi connectivity index (χ0v) is 27.2. The molecule has 0 aromatic heterocycles. The van der Waals surface area contributed by atoms with Crippen molar-refractivity contribution >= 4 is 57.9 Å². The van der Waals surface area contributed by atoms with Crippen LogP contribution in [0.1, 0.15) is 48.4 Å². The molecule has 5 nitrogen and oxygen atoms in total. The second-order valence-electron chi connectivity index (χ2n) is 11.8. The van der Waals surface area contributed by atoms with Gasteiger partial charge in [-0.1, -0.05) is 89.7 Å². The van der Waals surface area contributed by atoms with Gasteiger partial charge in [-0.25, -0.2) is 0 Å². The van der Waals surface area contributed by atoms with Gasteiger partial charge >= 0.3 is 0 Å². The number of fused-ring (bicyclic) bond motifs is 2. The van der Waals surface area contributed by atoms with E-state index in [1.54, 1.807) is 6.07 Å². The summed E-state index contributed by atoms with van der Waals surface area (Å²) in [4.78, 5) is 18.8. The lowest BCUT2D eigenvalue weighted by atomic mass is 9.83. The SMILES string of the molecule is CCN(Cc1ccc(C2=C(C(=O)N(Cc3cccc(Cl)c3Cl)C3CC3)C3CNCC(C2)N3)cc1)Cc1cc(Cl)ccc1Cl. The van der Waals surface area contributed by atoms with Crippen molar-refractivity contribution in [2.24, 2.45) is 0 Å². The Labute approximate surface area is 274 Å². The molecule has 2 atom stereocenters. The molecule has 6 rings (SSSR count). The molecular formula is C34H36Cl4N4O. The first kappa shape index (κ1) is 30.9. The van der Waals surface area contributed by atoms with Crippen molar-refractivity contribution in [2.75, 3.05) is 19.6 Å². The van der Waals surface area contributed by atoms with Crippen LogP contribution in [-0.2, 0) is 24.4 Å². The molecule has 1 aliphatic carbocycles. The zero-order valence-electron chi connectivity index (χ0n) is 24.2. The normalized spacial score (nSPS) is 20.0. The van der Waals surface area contributed by atoms with E-state index in [1.165, 1.54) is 5.56 Å². The van der Waals surface area contributed by atoms with Gasteiger partial charge in [0.1, 0.15) is 0 Å². The van der Waals surface area contributed by atoms with Crippen molar-refractivity contribution in [1.29, 1.82) is 0 Å². The molecule has 0 spiro atoms. The molecule has 2 N–H and O–H groups in total. The lowest BCUT2D eigenvalue weighted by Crippen LogP contribution is -2.60. The predicted molar refractivity (Wildman–Crippen MR) is 178 cm³/mol. The van der Waals surface area contributed by atoms with Crippen molar-refractivity contribution in [1.82, 2.24) is 20.4 Å². The number of hydrogen-bond acceptors (Lipinski definition) is 4. The number of carbonyl (C=O) groups excluding carboxylic acids is 1. The van der Waals surface area contributed by atoms with E-state index in [1.807, 2.05) is 35.2 Å². The fraction of sp³-hybridized carbons (Fsp3) is 0.382. The molecule has 2 unspecified atom stereocenters. The molecule has 226 valence electrons. The first-order chi connectivity index (χ1) is 20.8. The lowest BCUT2D eigenvalue weighted by molar-refractivity contribution is -0.128. The average molecular weight is 659 g/mol. The molecule has 9 heteroatoms. The molecule has 2 bridgehead atoms. The summed E-state index contributed by atoms with van der Waals surface area (Å²) in [5.74, 6) is 0.0906. The molecule has 3 aromatic carbocycles. The summed E-state index contributed by atoms with van der Waals surface area (Å²) in [7, 11) is 0. The topological polar surface area (TPSA) is 47.6 Å². The molecule has 43 heavy (non-hydrogen) atoms. The van der Waals surface area contributed by atoms with E-state index in [4.69, 9.17) is 46.4 Å². The monoisotopic (exact) mass is 656 g/mol. The highest BCUT2D eigenvalue weighted by Crippen LogP contribution is 2.37. The number of piperazine rings is 1. The van der Waals surface area contributed by atoms with E-state index in [0.29, 0.717) is 27.7 Å². The number of halogens is 4. The second kappa shape index (κ2) is 13.5. The molecule has 2 aliphatic heterocycles. The first-order valence-electron chi connectivity index (χ1n) is 15.0. The summed E-state index contributed by atoms with van der Waals surface area (Å²) < 4.78 is 0. The number of amides is 1. The van der Waals surface area contributed by atoms with Crippen LogP contribution in [0.5, 0.6) is 0 Å². The highest BCUT2D eigenvalue weighted by molar-refractivity contribution is 6.42. The molecule has 1 saturated heterocycles. The standard InChI is InChI=1S/C34H36Cl4N4O/c1-2-41(19-24-14-25(35)10-13-29(24)36)18-21-6-8-22(9-7-21)28-15-26-16-39-17-31(40-26)32(28)34(43)42(27-11-12-27)20-23-4-3-5-30(37)33(23)38/h3-10,13-14,26-27,31,39-40H,2,11-12,15-20H2,1H3. The maximum absolute atomic E-state index is 14.4. The van der Waals surface area contributed by atoms with E-state index in [9.17, 15) is 4.79 Å². The molecule has 3 aromatic rings. The van der Waals surface area contributed by atoms with Crippen molar-refractivity contribution in [3.05, 3.63) is 109 Å². The average Bonchev–Trinajstić information content (AvgIpc) is 3.85. The molecule has 1 saturated carbocycles. The number of benzene rings is 3. The van der Waals surface area contributed by atoms with Crippen molar-refractivity contribution in [3.8, 4) is 0 Å². The van der Waals surface area contributed by atoms with E-state index in [2.05, 4.69) is 46.7 Å². The van der Waals surface area contributed by atoms with Crippen LogP contribution in [-0.4, -0.2) is 53.5 Å². The quantitative estimate of drug-likeness (QED) is 0.236. The fourth-order valence-corrected chi connectivity index (χ4v) is 7.01. The third-order valence-electron chi connectivity index (χ3n) is 8.71. The van der Waals surface area contributed by atoms with Crippen LogP contribution in [0.25, 0.3) is 5.57 Å². The van der Waals surface area contributed by atoms with Gasteiger partial charge in [-0.3, -0.25) is 9.69 Å². The minimum atomic E-state index is -0.0382. The summed E-state index contributed by atoms with van der Waals surface area (Å²) in [6, 6.07) is 20.5. The van der Waals surface area contributed by atoms with E-state index in [0.717, 1.165) is 84.8 Å². The van der Waals surface area contributed by atoms with Crippen LogP contribution in [0, 0.1) is 0 Å². The van der Waals surface area contributed by atoms with Gasteiger partial charge in [0.25, 0.3) is 5.91 Å². The summed E-state index contributed by atoms with van der Waals surface area (Å²) >= 11 is 25.6. The lowest BCUT2D eigenvalue weighted by Gasteiger charge is -2.41. The minimum absolute atomic E-state index is 0.0382. The Morgan fingerprint density at radius 3 is 2.42 bits per heavy atom. The zero-order chi connectivity index (χ0) is 30.1. The summed E-state index contributed by atoms with van der Waals surface area (Å²) in [6.07, 6.45) is 2.82. The Morgan fingerprint density at radius 2 is 1.67 bits per heavy atom. The van der Waals surface area contributed by atoms with E-state index in [-0.39, 0.29) is 18.0 Å². The van der Waals surface area contributed by atoms with Crippen LogP contribution >= 0.6 is 46.4 Å². The van der Waals surface area contributed by atoms with E-state index < -0.39 is 0 Å².